The lowest BCUT2D eigenvalue weighted by atomic mass is 10.0. The number of anilines is 1. The summed E-state index contributed by atoms with van der Waals surface area (Å²) in [6, 6.07) is 21.3. The Morgan fingerprint density at radius 2 is 1.82 bits per heavy atom. The van der Waals surface area contributed by atoms with E-state index in [9.17, 15) is 4.79 Å². The molecule has 0 radical (unpaired) electrons. The molecule has 4 rings (SSSR count). The van der Waals surface area contributed by atoms with Crippen LogP contribution in [0, 0.1) is 0 Å². The maximum Gasteiger partial charge on any atom is 0.256 e. The molecular weight excluding hydrogens is 368 g/mol. The van der Waals surface area contributed by atoms with Crippen molar-refractivity contribution in [2.24, 2.45) is 7.05 Å². The summed E-state index contributed by atoms with van der Waals surface area (Å²) in [5.41, 5.74) is 2.29. The van der Waals surface area contributed by atoms with Crippen molar-refractivity contribution < 1.29 is 4.79 Å². The van der Waals surface area contributed by atoms with Crippen molar-refractivity contribution in [2.45, 2.75) is 12.1 Å². The first kappa shape index (κ1) is 18.3. The van der Waals surface area contributed by atoms with Crippen LogP contribution in [0.2, 0.25) is 0 Å². The minimum absolute atomic E-state index is 0.130. The van der Waals surface area contributed by atoms with E-state index >= 15 is 0 Å². The third-order valence-electron chi connectivity index (χ3n) is 4.52. The van der Waals surface area contributed by atoms with Gasteiger partial charge in [-0.1, -0.05) is 67.2 Å². The van der Waals surface area contributed by atoms with Crippen LogP contribution >= 0.6 is 11.8 Å². The zero-order chi connectivity index (χ0) is 19.5. The van der Waals surface area contributed by atoms with Crippen LogP contribution in [0.25, 0.3) is 22.2 Å². The van der Waals surface area contributed by atoms with E-state index in [1.165, 1.54) is 0 Å². The van der Waals surface area contributed by atoms with E-state index in [0.717, 1.165) is 38.8 Å². The average Bonchev–Trinajstić information content (AvgIpc) is 3.08. The number of hydrogen-bond acceptors (Lipinski definition) is 4. The Morgan fingerprint density at radius 1 is 1.04 bits per heavy atom. The van der Waals surface area contributed by atoms with Gasteiger partial charge in [0.1, 0.15) is 0 Å². The van der Waals surface area contributed by atoms with E-state index in [1.807, 2.05) is 78.3 Å². The molecule has 6 heteroatoms. The van der Waals surface area contributed by atoms with Gasteiger partial charge >= 0.3 is 0 Å². The summed E-state index contributed by atoms with van der Waals surface area (Å²) in [6.07, 6.45) is 0. The molecular formula is C22H20N4OS. The van der Waals surface area contributed by atoms with Crippen molar-refractivity contribution in [3.8, 4) is 11.4 Å². The van der Waals surface area contributed by atoms with Crippen molar-refractivity contribution in [3.05, 3.63) is 72.3 Å². The Kier molecular flexibility index (Phi) is 5.12. The summed E-state index contributed by atoms with van der Waals surface area (Å²) in [4.78, 5) is 12.9. The zero-order valence-corrected chi connectivity index (χ0v) is 16.5. The smallest absolute Gasteiger partial charge is 0.256 e. The molecule has 0 aliphatic carbocycles. The molecule has 140 valence electrons. The molecule has 0 fully saturated rings. The maximum absolute atomic E-state index is 12.9. The molecule has 1 amide bonds. The fourth-order valence-electron chi connectivity index (χ4n) is 3.18. The second-order valence-corrected chi connectivity index (χ2v) is 7.59. The van der Waals surface area contributed by atoms with Gasteiger partial charge < -0.3 is 9.88 Å². The number of fused-ring (bicyclic) bond motifs is 1. The molecule has 0 spiro atoms. The number of thioether (sulfide) groups is 1. The number of hydrogen-bond donors (Lipinski definition) is 1. The molecule has 1 N–H and O–H groups in total. The van der Waals surface area contributed by atoms with Gasteiger partial charge in [-0.15, -0.1) is 10.2 Å². The van der Waals surface area contributed by atoms with E-state index in [0.29, 0.717) is 5.56 Å². The maximum atomic E-state index is 12.9. The number of carbonyl (C=O) groups excluding carboxylic acids is 1. The highest BCUT2D eigenvalue weighted by Gasteiger charge is 2.13. The highest BCUT2D eigenvalue weighted by atomic mass is 32.2. The van der Waals surface area contributed by atoms with Crippen molar-refractivity contribution in [1.82, 2.24) is 14.8 Å². The minimum Gasteiger partial charge on any atom is -0.322 e. The molecule has 0 atom stereocenters. The van der Waals surface area contributed by atoms with Gasteiger partial charge in [0.25, 0.3) is 5.91 Å². The van der Waals surface area contributed by atoms with Gasteiger partial charge in [-0.25, -0.2) is 0 Å². The molecule has 0 bridgehead atoms. The monoisotopic (exact) mass is 388 g/mol. The number of nitrogens with one attached hydrogen (secondary N) is 1. The predicted octanol–water partition coefficient (Wildman–Crippen LogP) is 5.00. The molecule has 1 aromatic heterocycles. The number of benzene rings is 3. The summed E-state index contributed by atoms with van der Waals surface area (Å²) in [5.74, 6) is 1.58. The molecule has 4 aromatic rings. The minimum atomic E-state index is -0.130. The molecule has 0 saturated carbocycles. The SMILES string of the molecule is CCSc1nnc(-c2cccc(NC(=O)c3cccc4ccccc34)c2)n1C. The van der Waals surface area contributed by atoms with Gasteiger partial charge in [0.15, 0.2) is 11.0 Å². The topological polar surface area (TPSA) is 59.8 Å². The second-order valence-electron chi connectivity index (χ2n) is 6.36. The Morgan fingerprint density at radius 3 is 2.68 bits per heavy atom. The molecule has 0 saturated heterocycles. The van der Waals surface area contributed by atoms with E-state index in [-0.39, 0.29) is 5.91 Å². The van der Waals surface area contributed by atoms with E-state index in [4.69, 9.17) is 0 Å². The van der Waals surface area contributed by atoms with Crippen LogP contribution < -0.4 is 5.32 Å². The Bertz CT molecular complexity index is 1150. The van der Waals surface area contributed by atoms with Gasteiger partial charge in [-0.3, -0.25) is 4.79 Å². The molecule has 0 unspecified atom stereocenters. The first-order chi connectivity index (χ1) is 13.7. The number of aromatic nitrogens is 3. The fourth-order valence-corrected chi connectivity index (χ4v) is 3.82. The van der Waals surface area contributed by atoms with Gasteiger partial charge in [-0.2, -0.15) is 0 Å². The van der Waals surface area contributed by atoms with Crippen molar-refractivity contribution >= 4 is 34.1 Å². The standard InChI is InChI=1S/C22H20N4OS/c1-3-28-22-25-24-20(26(22)2)16-10-6-11-17(14-16)23-21(27)19-13-7-9-15-8-4-5-12-18(15)19/h4-14H,3H2,1-2H3,(H,23,27). The largest absolute Gasteiger partial charge is 0.322 e. The Hall–Kier alpha value is -3.12. The lowest BCUT2D eigenvalue weighted by Crippen LogP contribution is -2.12. The summed E-state index contributed by atoms with van der Waals surface area (Å²) in [7, 11) is 1.95. The second kappa shape index (κ2) is 7.86. The quantitative estimate of drug-likeness (QED) is 0.489. The third kappa shape index (κ3) is 3.51. The van der Waals surface area contributed by atoms with Crippen LogP contribution in [0.5, 0.6) is 0 Å². The third-order valence-corrected chi connectivity index (χ3v) is 5.42. The summed E-state index contributed by atoms with van der Waals surface area (Å²) in [5, 5.41) is 14.4. The highest BCUT2D eigenvalue weighted by Crippen LogP contribution is 2.25. The van der Waals surface area contributed by atoms with Gasteiger partial charge in [0.05, 0.1) is 0 Å². The highest BCUT2D eigenvalue weighted by molar-refractivity contribution is 7.99. The van der Waals surface area contributed by atoms with E-state index < -0.39 is 0 Å². The summed E-state index contributed by atoms with van der Waals surface area (Å²) in [6.45, 7) is 2.09. The molecule has 28 heavy (non-hydrogen) atoms. The van der Waals surface area contributed by atoms with Crippen LogP contribution in [-0.2, 0) is 7.05 Å². The average molecular weight is 388 g/mol. The number of nitrogens with zero attached hydrogens (tertiary/aromatic N) is 3. The molecule has 0 aliphatic heterocycles. The Labute approximate surface area is 167 Å². The fraction of sp³-hybridized carbons (Fsp3) is 0.136. The summed E-state index contributed by atoms with van der Waals surface area (Å²) < 4.78 is 1.97. The lowest BCUT2D eigenvalue weighted by molar-refractivity contribution is 0.102. The first-order valence-corrected chi connectivity index (χ1v) is 10.1. The summed E-state index contributed by atoms with van der Waals surface area (Å²) >= 11 is 1.65. The predicted molar refractivity (Wildman–Crippen MR) is 115 cm³/mol. The van der Waals surface area contributed by atoms with Crippen LogP contribution in [0.1, 0.15) is 17.3 Å². The molecule has 0 aliphatic rings. The van der Waals surface area contributed by atoms with Crippen LogP contribution in [-0.4, -0.2) is 26.4 Å². The van der Waals surface area contributed by atoms with Crippen molar-refractivity contribution in [2.75, 3.05) is 11.1 Å². The number of rotatable bonds is 5. The van der Waals surface area contributed by atoms with Crippen LogP contribution in [0.3, 0.4) is 0 Å². The van der Waals surface area contributed by atoms with E-state index in [2.05, 4.69) is 22.4 Å². The first-order valence-electron chi connectivity index (χ1n) is 9.09. The van der Waals surface area contributed by atoms with Crippen molar-refractivity contribution in [3.63, 3.8) is 0 Å². The number of carbonyl (C=O) groups is 1. The van der Waals surface area contributed by atoms with Gasteiger partial charge in [0, 0.05) is 23.9 Å². The van der Waals surface area contributed by atoms with E-state index in [1.54, 1.807) is 11.8 Å². The van der Waals surface area contributed by atoms with Gasteiger partial charge in [0.2, 0.25) is 0 Å². The molecule has 3 aromatic carbocycles. The number of amides is 1. The van der Waals surface area contributed by atoms with Gasteiger partial charge in [-0.05, 0) is 34.7 Å². The molecule has 1 heterocycles. The zero-order valence-electron chi connectivity index (χ0n) is 15.7. The van der Waals surface area contributed by atoms with Crippen LogP contribution in [0.15, 0.2) is 71.9 Å². The van der Waals surface area contributed by atoms with Crippen molar-refractivity contribution in [1.29, 1.82) is 0 Å². The lowest BCUT2D eigenvalue weighted by Gasteiger charge is -2.10. The Balaban J connectivity index is 1.62. The normalized spacial score (nSPS) is 10.9. The molecule has 5 nitrogen and oxygen atoms in total. The van der Waals surface area contributed by atoms with Crippen LogP contribution in [0.4, 0.5) is 5.69 Å².